The molecule has 0 spiro atoms. The summed E-state index contributed by atoms with van der Waals surface area (Å²) < 4.78 is 37.9. The summed E-state index contributed by atoms with van der Waals surface area (Å²) in [5.74, 6) is -0.157. The van der Waals surface area contributed by atoms with Crippen LogP contribution in [0.4, 0.5) is 4.79 Å². The van der Waals surface area contributed by atoms with E-state index in [9.17, 15) is 18.0 Å². The van der Waals surface area contributed by atoms with Crippen molar-refractivity contribution in [3.8, 4) is 5.75 Å². The first kappa shape index (κ1) is 27.5. The summed E-state index contributed by atoms with van der Waals surface area (Å²) >= 11 is 0. The molecule has 0 bridgehead atoms. The Kier molecular flexibility index (Phi) is 8.97. The van der Waals surface area contributed by atoms with Crippen molar-refractivity contribution in [1.29, 1.82) is 0 Å². The van der Waals surface area contributed by atoms with Crippen LogP contribution in [0.3, 0.4) is 0 Å². The van der Waals surface area contributed by atoms with E-state index in [1.165, 1.54) is 31.4 Å². The van der Waals surface area contributed by atoms with Crippen LogP contribution in [0.1, 0.15) is 45.6 Å². The third-order valence-corrected chi connectivity index (χ3v) is 7.31. The number of carbonyl (C=O) groups excluding carboxylic acids is 2. The van der Waals surface area contributed by atoms with E-state index in [1.54, 1.807) is 29.2 Å². The number of sulfonamides is 1. The van der Waals surface area contributed by atoms with E-state index in [-0.39, 0.29) is 29.9 Å². The molecule has 2 aromatic carbocycles. The fourth-order valence-electron chi connectivity index (χ4n) is 3.80. The van der Waals surface area contributed by atoms with Gasteiger partial charge in [-0.1, -0.05) is 30.3 Å². The number of carbonyl (C=O) groups is 2. The van der Waals surface area contributed by atoms with Gasteiger partial charge < -0.3 is 19.2 Å². The van der Waals surface area contributed by atoms with Gasteiger partial charge in [-0.2, -0.15) is 0 Å². The highest BCUT2D eigenvalue weighted by Gasteiger charge is 2.32. The van der Waals surface area contributed by atoms with Gasteiger partial charge in [-0.15, -0.1) is 0 Å². The van der Waals surface area contributed by atoms with E-state index >= 15 is 0 Å². The van der Waals surface area contributed by atoms with E-state index in [0.717, 1.165) is 4.47 Å². The largest absolute Gasteiger partial charge is 0.497 e. The molecule has 0 aliphatic carbocycles. The molecule has 0 atom stereocenters. The Morgan fingerprint density at radius 2 is 1.61 bits per heavy atom. The van der Waals surface area contributed by atoms with Crippen LogP contribution >= 0.6 is 0 Å². The minimum absolute atomic E-state index is 0.0160. The number of hydroxylamine groups is 1. The summed E-state index contributed by atoms with van der Waals surface area (Å²) in [4.78, 5) is 32.2. The van der Waals surface area contributed by atoms with Crippen molar-refractivity contribution in [3.05, 3.63) is 60.2 Å². The lowest BCUT2D eigenvalue weighted by Crippen LogP contribution is -2.42. The van der Waals surface area contributed by atoms with Crippen molar-refractivity contribution in [3.63, 3.8) is 0 Å². The number of rotatable bonds is 8. The van der Waals surface area contributed by atoms with Crippen molar-refractivity contribution in [2.24, 2.45) is 5.92 Å². The van der Waals surface area contributed by atoms with Gasteiger partial charge in [0.05, 0.1) is 25.0 Å². The highest BCUT2D eigenvalue weighted by Crippen LogP contribution is 2.25. The second-order valence-corrected chi connectivity index (χ2v) is 11.5. The van der Waals surface area contributed by atoms with E-state index in [1.807, 2.05) is 26.8 Å². The van der Waals surface area contributed by atoms with Crippen LogP contribution in [0.2, 0.25) is 0 Å². The van der Waals surface area contributed by atoms with Crippen molar-refractivity contribution in [2.75, 3.05) is 20.2 Å². The number of methoxy groups -OCH3 is 1. The van der Waals surface area contributed by atoms with Crippen molar-refractivity contribution in [2.45, 2.75) is 57.1 Å². The smallest absolute Gasteiger partial charge is 0.410 e. The molecule has 2 aromatic rings. The summed E-state index contributed by atoms with van der Waals surface area (Å²) in [5.41, 5.74) is 0.100. The number of amides is 1. The molecular formula is C26H34N2O7S. The van der Waals surface area contributed by atoms with Gasteiger partial charge in [0, 0.05) is 13.1 Å². The molecule has 1 heterocycles. The van der Waals surface area contributed by atoms with Crippen LogP contribution in [0, 0.1) is 5.92 Å². The van der Waals surface area contributed by atoms with Crippen molar-refractivity contribution < 1.29 is 32.3 Å². The maximum atomic E-state index is 13.3. The summed E-state index contributed by atoms with van der Waals surface area (Å²) in [6.07, 6.45) is 0.866. The van der Waals surface area contributed by atoms with Crippen LogP contribution < -0.4 is 4.74 Å². The Morgan fingerprint density at radius 3 is 2.17 bits per heavy atom. The first-order valence-electron chi connectivity index (χ1n) is 11.9. The highest BCUT2D eigenvalue weighted by molar-refractivity contribution is 7.89. The Bertz CT molecular complexity index is 1120. The monoisotopic (exact) mass is 518 g/mol. The lowest BCUT2D eigenvalue weighted by Gasteiger charge is -2.33. The molecule has 0 unspecified atom stereocenters. The number of likely N-dealkylation sites (tertiary alicyclic amines) is 1. The molecule has 3 rings (SSSR count). The summed E-state index contributed by atoms with van der Waals surface area (Å²) in [7, 11) is -2.64. The van der Waals surface area contributed by atoms with Crippen LogP contribution in [0.25, 0.3) is 0 Å². The maximum Gasteiger partial charge on any atom is 0.410 e. The molecule has 10 heteroatoms. The Hall–Kier alpha value is -3.11. The van der Waals surface area contributed by atoms with Gasteiger partial charge in [-0.05, 0) is 73.8 Å². The molecule has 0 N–H and O–H groups in total. The van der Waals surface area contributed by atoms with Gasteiger partial charge in [0.2, 0.25) is 0 Å². The Balaban J connectivity index is 1.66. The lowest BCUT2D eigenvalue weighted by atomic mass is 9.94. The Morgan fingerprint density at radius 1 is 1.00 bits per heavy atom. The summed E-state index contributed by atoms with van der Waals surface area (Å²) in [6.45, 7) is 6.24. The first-order chi connectivity index (χ1) is 17.0. The third kappa shape index (κ3) is 7.69. The first-order valence-corrected chi connectivity index (χ1v) is 13.3. The Labute approximate surface area is 212 Å². The van der Waals surface area contributed by atoms with Gasteiger partial charge in [0.1, 0.15) is 11.4 Å². The van der Waals surface area contributed by atoms with Gasteiger partial charge in [0.25, 0.3) is 10.0 Å². The van der Waals surface area contributed by atoms with Crippen LogP contribution in [0.5, 0.6) is 5.75 Å². The molecule has 1 fully saturated rings. The average Bonchev–Trinajstić information content (AvgIpc) is 2.83. The molecule has 9 nitrogen and oxygen atoms in total. The number of ether oxygens (including phenoxy) is 2. The van der Waals surface area contributed by atoms with Gasteiger partial charge in [-0.3, -0.25) is 4.79 Å². The summed E-state index contributed by atoms with van der Waals surface area (Å²) in [6, 6.07) is 14.8. The van der Waals surface area contributed by atoms with E-state index in [0.29, 0.717) is 37.2 Å². The van der Waals surface area contributed by atoms with Crippen LogP contribution in [-0.4, -0.2) is 55.6 Å². The minimum Gasteiger partial charge on any atom is -0.497 e. The fourth-order valence-corrected chi connectivity index (χ4v) is 5.01. The van der Waals surface area contributed by atoms with Crippen molar-refractivity contribution >= 4 is 22.1 Å². The molecule has 1 amide bonds. The number of hydrogen-bond donors (Lipinski definition) is 0. The number of piperidine rings is 1. The minimum atomic E-state index is -4.13. The van der Waals surface area contributed by atoms with Crippen LogP contribution in [-0.2, 0) is 30.9 Å². The zero-order chi connectivity index (χ0) is 26.3. The molecule has 0 aromatic heterocycles. The van der Waals surface area contributed by atoms with Crippen LogP contribution in [0.15, 0.2) is 59.5 Å². The SMILES string of the molecule is COc1ccc(S(=O)(=O)N(Cc2ccccc2)OC(=O)CC2CCN(C(=O)OC(C)(C)C)CC2)cc1. The lowest BCUT2D eigenvalue weighted by molar-refractivity contribution is -0.172. The van der Waals surface area contributed by atoms with Gasteiger partial charge in [-0.25, -0.2) is 13.2 Å². The third-order valence-electron chi connectivity index (χ3n) is 5.71. The standard InChI is InChI=1S/C26H34N2O7S/c1-26(2,3)34-25(30)27-16-14-20(15-17-27)18-24(29)35-28(19-21-8-6-5-7-9-21)36(31,32)23-12-10-22(33-4)11-13-23/h5-13,20H,14-19H2,1-4H3. The van der Waals surface area contributed by atoms with E-state index < -0.39 is 21.6 Å². The number of nitrogens with zero attached hydrogens (tertiary/aromatic N) is 2. The van der Waals surface area contributed by atoms with Gasteiger partial charge >= 0.3 is 12.1 Å². The summed E-state index contributed by atoms with van der Waals surface area (Å²) in [5, 5.41) is 0. The number of hydrogen-bond acceptors (Lipinski definition) is 7. The second kappa shape index (κ2) is 11.7. The maximum absolute atomic E-state index is 13.3. The number of benzene rings is 2. The molecule has 1 aliphatic rings. The fraction of sp³-hybridized carbons (Fsp3) is 0.462. The molecule has 1 saturated heterocycles. The van der Waals surface area contributed by atoms with Gasteiger partial charge in [0.15, 0.2) is 0 Å². The molecule has 36 heavy (non-hydrogen) atoms. The second-order valence-electron chi connectivity index (χ2n) is 9.71. The predicted molar refractivity (Wildman–Crippen MR) is 133 cm³/mol. The highest BCUT2D eigenvalue weighted by atomic mass is 32.2. The topological polar surface area (TPSA) is 102 Å². The molecule has 196 valence electrons. The zero-order valence-corrected chi connectivity index (χ0v) is 22.0. The zero-order valence-electron chi connectivity index (χ0n) is 21.2. The predicted octanol–water partition coefficient (Wildman–Crippen LogP) is 4.38. The van der Waals surface area contributed by atoms with E-state index in [2.05, 4.69) is 0 Å². The average molecular weight is 519 g/mol. The molecular weight excluding hydrogens is 484 g/mol. The molecule has 1 aliphatic heterocycles. The van der Waals surface area contributed by atoms with E-state index in [4.69, 9.17) is 14.3 Å². The quantitative estimate of drug-likeness (QED) is 0.478. The molecule has 0 radical (unpaired) electrons. The molecule has 0 saturated carbocycles. The van der Waals surface area contributed by atoms with Crippen molar-refractivity contribution in [1.82, 2.24) is 9.37 Å². The normalized spacial score (nSPS) is 15.0.